The molecule has 1 aliphatic carbocycles. The van der Waals surface area contributed by atoms with Crippen LogP contribution in [0.25, 0.3) is 0 Å². The molecule has 0 bridgehead atoms. The number of aryl methyl sites for hydroxylation is 1. The summed E-state index contributed by atoms with van der Waals surface area (Å²) in [7, 11) is 0. The third-order valence-electron chi connectivity index (χ3n) is 11.0. The summed E-state index contributed by atoms with van der Waals surface area (Å²) in [4.78, 5) is 4.29. The number of para-hydroxylation sites is 2. The molecule has 1 heterocycles. The lowest BCUT2D eigenvalue weighted by Crippen LogP contribution is -2.25. The van der Waals surface area contributed by atoms with Gasteiger partial charge in [0.25, 0.3) is 0 Å². The first-order valence-electron chi connectivity index (χ1n) is 18.5. The fourth-order valence-corrected chi connectivity index (χ4v) is 7.81. The van der Waals surface area contributed by atoms with Gasteiger partial charge >= 0.3 is 12.4 Å². The number of anilines is 3. The molecule has 4 aromatic rings. The van der Waals surface area contributed by atoms with Gasteiger partial charge in [0, 0.05) is 40.1 Å². The molecule has 6 rings (SSSR count). The first-order valence-corrected chi connectivity index (χ1v) is 18.5. The third kappa shape index (κ3) is 7.69. The van der Waals surface area contributed by atoms with E-state index in [0.717, 1.165) is 57.3 Å². The molecule has 0 unspecified atom stereocenters. The van der Waals surface area contributed by atoms with E-state index in [1.54, 1.807) is 6.07 Å². The zero-order valence-electron chi connectivity index (χ0n) is 32.0. The van der Waals surface area contributed by atoms with Crippen LogP contribution in [0.5, 0.6) is 0 Å². The maximum atomic E-state index is 13.8. The summed E-state index contributed by atoms with van der Waals surface area (Å²) < 4.78 is 82.7. The normalized spacial score (nSPS) is 17.5. The van der Waals surface area contributed by atoms with Gasteiger partial charge in [0.15, 0.2) is 0 Å². The number of benzene rings is 4. The molecular weight excluding hydrogens is 707 g/mol. The van der Waals surface area contributed by atoms with Gasteiger partial charge in [-0.15, -0.1) is 0 Å². The molecule has 2 aliphatic rings. The Balaban J connectivity index is 1.48. The molecule has 0 radical (unpaired) electrons. The predicted octanol–water partition coefficient (Wildman–Crippen LogP) is 13.9. The SMILES string of the molecule is C=C(C=CC1=C(N(c2ccccc2)c2ccccc2)C(=CC=C2N(CC)c3ccc(C(F)(F)F)cc3C2(C)C)CC1)C(C)(C)c1cc(C(F)(F)F)ccc1C. The molecule has 55 heavy (non-hydrogen) atoms. The Morgan fingerprint density at radius 1 is 0.782 bits per heavy atom. The van der Waals surface area contributed by atoms with Crippen molar-refractivity contribution in [2.75, 3.05) is 16.3 Å². The molecule has 0 fully saturated rings. The number of hydrogen-bond donors (Lipinski definition) is 0. The Bertz CT molecular complexity index is 2160. The Morgan fingerprint density at radius 2 is 1.35 bits per heavy atom. The van der Waals surface area contributed by atoms with Crippen LogP contribution in [0, 0.1) is 6.92 Å². The average molecular weight is 753 g/mol. The van der Waals surface area contributed by atoms with Crippen molar-refractivity contribution in [2.45, 2.75) is 77.6 Å². The minimum atomic E-state index is -4.47. The summed E-state index contributed by atoms with van der Waals surface area (Å²) in [5, 5.41) is 0. The van der Waals surface area contributed by atoms with Crippen LogP contribution in [0.15, 0.2) is 156 Å². The topological polar surface area (TPSA) is 6.48 Å². The summed E-state index contributed by atoms with van der Waals surface area (Å²) in [5.74, 6) is 0. The summed E-state index contributed by atoms with van der Waals surface area (Å²) in [6.45, 7) is 16.5. The zero-order chi connectivity index (χ0) is 39.9. The maximum Gasteiger partial charge on any atom is 0.416 e. The van der Waals surface area contributed by atoms with E-state index < -0.39 is 34.3 Å². The first kappa shape index (κ1) is 39.5. The number of alkyl halides is 6. The van der Waals surface area contributed by atoms with Gasteiger partial charge < -0.3 is 9.80 Å². The minimum absolute atomic E-state index is 0.558. The quantitative estimate of drug-likeness (QED) is 0.124. The molecule has 4 aromatic carbocycles. The summed E-state index contributed by atoms with van der Waals surface area (Å²) in [5.41, 5.74) is 6.31. The van der Waals surface area contributed by atoms with Gasteiger partial charge in [-0.1, -0.05) is 95.0 Å². The standard InChI is InChI=1S/C47H46F6N2/c1-8-54-41-27-26-36(47(51,52)53)30-40(41)45(6,7)42(54)28-24-34-23-22-33(43(34)55(37-15-11-9-12-16-37)38-17-13-10-14-18-38)21-20-32(3)44(4,5)39-29-35(46(48,49)50)25-19-31(39)2/h9-21,24-30H,3,8,22-23H2,1-2,4-7H3. The van der Waals surface area contributed by atoms with Crippen LogP contribution in [0.3, 0.4) is 0 Å². The highest BCUT2D eigenvalue weighted by atomic mass is 19.4. The Morgan fingerprint density at radius 3 is 1.91 bits per heavy atom. The lowest BCUT2D eigenvalue weighted by Gasteiger charge is -2.30. The van der Waals surface area contributed by atoms with Crippen LogP contribution in [0.4, 0.5) is 43.4 Å². The number of hydrogen-bond acceptors (Lipinski definition) is 2. The van der Waals surface area contributed by atoms with Gasteiger partial charge in [-0.05, 0) is 121 Å². The van der Waals surface area contributed by atoms with Gasteiger partial charge in [-0.2, -0.15) is 26.3 Å². The van der Waals surface area contributed by atoms with Crippen molar-refractivity contribution in [3.8, 4) is 0 Å². The fourth-order valence-electron chi connectivity index (χ4n) is 7.81. The highest BCUT2D eigenvalue weighted by Crippen LogP contribution is 2.50. The van der Waals surface area contributed by atoms with E-state index in [1.165, 1.54) is 18.2 Å². The molecule has 2 nitrogen and oxygen atoms in total. The molecule has 0 amide bonds. The molecule has 0 aromatic heterocycles. The van der Waals surface area contributed by atoms with Gasteiger partial charge in [-0.3, -0.25) is 0 Å². The maximum absolute atomic E-state index is 13.8. The van der Waals surface area contributed by atoms with E-state index in [-0.39, 0.29) is 0 Å². The van der Waals surface area contributed by atoms with E-state index in [4.69, 9.17) is 0 Å². The molecule has 8 heteroatoms. The van der Waals surface area contributed by atoms with Crippen molar-refractivity contribution in [3.05, 3.63) is 184 Å². The number of nitrogens with zero attached hydrogens (tertiary/aromatic N) is 2. The molecule has 286 valence electrons. The van der Waals surface area contributed by atoms with Gasteiger partial charge in [0.05, 0.1) is 16.8 Å². The summed E-state index contributed by atoms with van der Waals surface area (Å²) in [6, 6.07) is 27.9. The fraction of sp³-hybridized carbons (Fsp3) is 0.277. The van der Waals surface area contributed by atoms with Crippen LogP contribution < -0.4 is 9.80 Å². The van der Waals surface area contributed by atoms with E-state index in [1.807, 2.05) is 120 Å². The Hall–Kier alpha value is -5.24. The van der Waals surface area contributed by atoms with Crippen molar-refractivity contribution in [1.82, 2.24) is 0 Å². The summed E-state index contributed by atoms with van der Waals surface area (Å²) >= 11 is 0. The van der Waals surface area contributed by atoms with Crippen molar-refractivity contribution < 1.29 is 26.3 Å². The third-order valence-corrected chi connectivity index (χ3v) is 11.0. The van der Waals surface area contributed by atoms with Crippen LogP contribution >= 0.6 is 0 Å². The van der Waals surface area contributed by atoms with Crippen LogP contribution in [0.1, 0.15) is 75.3 Å². The largest absolute Gasteiger partial charge is 0.416 e. The van der Waals surface area contributed by atoms with Crippen molar-refractivity contribution in [3.63, 3.8) is 0 Å². The second kappa shape index (κ2) is 14.8. The lowest BCUT2D eigenvalue weighted by molar-refractivity contribution is -0.138. The Kier molecular flexibility index (Phi) is 10.6. The summed E-state index contributed by atoms with van der Waals surface area (Å²) in [6.07, 6.45) is 0.543. The second-order valence-corrected chi connectivity index (χ2v) is 15.2. The molecule has 0 atom stereocenters. The number of allylic oxidation sites excluding steroid dienone is 8. The number of rotatable bonds is 9. The van der Waals surface area contributed by atoms with E-state index in [0.29, 0.717) is 36.1 Å². The molecule has 0 N–H and O–H groups in total. The molecule has 1 aliphatic heterocycles. The lowest BCUT2D eigenvalue weighted by atomic mass is 9.75. The van der Waals surface area contributed by atoms with E-state index in [2.05, 4.69) is 22.5 Å². The predicted molar refractivity (Wildman–Crippen MR) is 212 cm³/mol. The van der Waals surface area contributed by atoms with Crippen LogP contribution in [0.2, 0.25) is 0 Å². The van der Waals surface area contributed by atoms with Crippen molar-refractivity contribution in [1.29, 1.82) is 0 Å². The first-order chi connectivity index (χ1) is 25.9. The molecule has 0 spiro atoms. The van der Waals surface area contributed by atoms with Gasteiger partial charge in [0.1, 0.15) is 0 Å². The zero-order valence-corrected chi connectivity index (χ0v) is 32.0. The second-order valence-electron chi connectivity index (χ2n) is 15.2. The van der Waals surface area contributed by atoms with Gasteiger partial charge in [0.2, 0.25) is 0 Å². The van der Waals surface area contributed by atoms with Crippen LogP contribution in [-0.2, 0) is 23.2 Å². The smallest absolute Gasteiger partial charge is 0.344 e. The monoisotopic (exact) mass is 752 g/mol. The molecule has 0 saturated carbocycles. The molecular formula is C47H46F6N2. The number of fused-ring (bicyclic) bond motifs is 1. The minimum Gasteiger partial charge on any atom is -0.344 e. The molecule has 0 saturated heterocycles. The van der Waals surface area contributed by atoms with E-state index in [9.17, 15) is 26.3 Å². The van der Waals surface area contributed by atoms with Crippen molar-refractivity contribution >= 4 is 17.1 Å². The average Bonchev–Trinajstić information content (AvgIpc) is 3.63. The number of halogens is 6. The number of likely N-dealkylation sites (N-methyl/N-ethyl adjacent to an activating group) is 1. The highest BCUT2D eigenvalue weighted by Gasteiger charge is 2.42. The van der Waals surface area contributed by atoms with Crippen LogP contribution in [-0.4, -0.2) is 6.54 Å². The van der Waals surface area contributed by atoms with E-state index >= 15 is 0 Å². The highest BCUT2D eigenvalue weighted by molar-refractivity contribution is 5.75. The van der Waals surface area contributed by atoms with Crippen molar-refractivity contribution in [2.24, 2.45) is 0 Å². The van der Waals surface area contributed by atoms with Gasteiger partial charge in [-0.25, -0.2) is 0 Å². The Labute approximate surface area is 320 Å².